The molecule has 3 aromatic rings. The van der Waals surface area contributed by atoms with Crippen molar-refractivity contribution in [2.24, 2.45) is 0 Å². The number of halogens is 2. The molecule has 1 heterocycles. The van der Waals surface area contributed by atoms with Crippen molar-refractivity contribution in [2.45, 2.75) is 19.8 Å². The van der Waals surface area contributed by atoms with Gasteiger partial charge in [-0.2, -0.15) is 0 Å². The van der Waals surface area contributed by atoms with E-state index in [1.807, 2.05) is 24.3 Å². The van der Waals surface area contributed by atoms with Crippen molar-refractivity contribution < 1.29 is 14.4 Å². The fraction of sp³-hybridized carbons (Fsp3) is 0.115. The first-order valence-corrected chi connectivity index (χ1v) is 11.7. The summed E-state index contributed by atoms with van der Waals surface area (Å²) in [6.07, 6.45) is 0. The maximum Gasteiger partial charge on any atom is 0.283 e. The van der Waals surface area contributed by atoms with Crippen LogP contribution in [0, 0.1) is 0 Å². The van der Waals surface area contributed by atoms with Crippen LogP contribution in [0.15, 0.2) is 88.0 Å². The van der Waals surface area contributed by atoms with Crippen LogP contribution in [0.2, 0.25) is 0 Å². The van der Waals surface area contributed by atoms with Crippen LogP contribution in [0.25, 0.3) is 0 Å². The monoisotopic (exact) mass is 537 g/mol. The second-order valence-corrected chi connectivity index (χ2v) is 9.31. The summed E-state index contributed by atoms with van der Waals surface area (Å²) in [6, 6.07) is 21.0. The molecule has 0 aromatic heterocycles. The smallest absolute Gasteiger partial charge is 0.283 e. The maximum atomic E-state index is 13.0. The van der Waals surface area contributed by atoms with Gasteiger partial charge in [0.05, 0.1) is 5.69 Å². The number of imide groups is 1. The van der Waals surface area contributed by atoms with E-state index in [1.165, 1.54) is 0 Å². The molecule has 0 radical (unpaired) electrons. The highest BCUT2D eigenvalue weighted by Crippen LogP contribution is 2.31. The third-order valence-electron chi connectivity index (χ3n) is 5.34. The molecule has 0 aliphatic carbocycles. The lowest BCUT2D eigenvalue weighted by atomic mass is 10.0. The van der Waals surface area contributed by atoms with Crippen molar-refractivity contribution in [1.29, 1.82) is 0 Å². The highest BCUT2D eigenvalue weighted by Gasteiger charge is 2.39. The molecule has 3 amide bonds. The first-order chi connectivity index (χ1) is 16.3. The molecule has 4 rings (SSSR count). The van der Waals surface area contributed by atoms with Gasteiger partial charge in [0.25, 0.3) is 17.7 Å². The van der Waals surface area contributed by atoms with E-state index >= 15 is 0 Å². The topological polar surface area (TPSA) is 78.5 Å². The molecule has 2 N–H and O–H groups in total. The Bertz CT molecular complexity index is 1320. The lowest BCUT2D eigenvalue weighted by Gasteiger charge is -2.15. The molecule has 1 aliphatic heterocycles. The van der Waals surface area contributed by atoms with Crippen LogP contribution in [0.3, 0.4) is 0 Å². The molecule has 0 bridgehead atoms. The van der Waals surface area contributed by atoms with E-state index < -0.39 is 11.8 Å². The molecule has 3 aromatic carbocycles. The molecule has 34 heavy (non-hydrogen) atoms. The fourth-order valence-corrected chi connectivity index (χ4v) is 4.10. The van der Waals surface area contributed by atoms with Crippen LogP contribution < -0.4 is 15.5 Å². The summed E-state index contributed by atoms with van der Waals surface area (Å²) < 4.78 is 0.818. The van der Waals surface area contributed by atoms with E-state index in [2.05, 4.69) is 40.4 Å². The van der Waals surface area contributed by atoms with Crippen LogP contribution in [-0.2, 0) is 9.59 Å². The zero-order valence-corrected chi connectivity index (χ0v) is 20.8. The zero-order chi connectivity index (χ0) is 24.4. The van der Waals surface area contributed by atoms with Gasteiger partial charge in [-0.05, 0) is 60.0 Å². The van der Waals surface area contributed by atoms with E-state index in [9.17, 15) is 14.4 Å². The van der Waals surface area contributed by atoms with Gasteiger partial charge in [0.15, 0.2) is 0 Å². The third kappa shape index (κ3) is 4.76. The van der Waals surface area contributed by atoms with Crippen LogP contribution in [-0.4, -0.2) is 17.7 Å². The minimum Gasteiger partial charge on any atom is -0.350 e. The number of rotatable bonds is 6. The Morgan fingerprint density at radius 3 is 2.35 bits per heavy atom. The quantitative estimate of drug-likeness (QED) is 0.363. The molecule has 0 atom stereocenters. The van der Waals surface area contributed by atoms with Gasteiger partial charge in [-0.25, -0.2) is 4.90 Å². The van der Waals surface area contributed by atoms with Crippen molar-refractivity contribution in [3.8, 4) is 0 Å². The van der Waals surface area contributed by atoms with Crippen LogP contribution >= 0.6 is 27.5 Å². The lowest BCUT2D eigenvalue weighted by molar-refractivity contribution is -0.120. The van der Waals surface area contributed by atoms with Crippen molar-refractivity contribution in [3.05, 3.63) is 99.1 Å². The van der Waals surface area contributed by atoms with Crippen molar-refractivity contribution in [1.82, 2.24) is 0 Å². The number of hydrogen-bond donors (Lipinski definition) is 2. The molecule has 0 unspecified atom stereocenters. The van der Waals surface area contributed by atoms with Crippen molar-refractivity contribution in [3.63, 3.8) is 0 Å². The van der Waals surface area contributed by atoms with Gasteiger partial charge < -0.3 is 10.6 Å². The normalized spacial score (nSPS) is 13.6. The number of carbonyl (C=O) groups is 3. The zero-order valence-electron chi connectivity index (χ0n) is 18.4. The highest BCUT2D eigenvalue weighted by atomic mass is 79.9. The summed E-state index contributed by atoms with van der Waals surface area (Å²) in [6.45, 7) is 4.12. The fourth-order valence-electron chi connectivity index (χ4n) is 3.63. The minimum absolute atomic E-state index is 0.0442. The maximum absolute atomic E-state index is 13.0. The lowest BCUT2D eigenvalue weighted by Crippen LogP contribution is -2.32. The summed E-state index contributed by atoms with van der Waals surface area (Å²) in [5.41, 5.74) is 2.99. The average molecular weight is 539 g/mol. The number of nitrogens with zero attached hydrogens (tertiary/aromatic N) is 1. The third-order valence-corrected chi connectivity index (χ3v) is 6.22. The Morgan fingerprint density at radius 2 is 1.65 bits per heavy atom. The number of nitrogens with one attached hydrogen (secondary N) is 2. The molecule has 1 aliphatic rings. The SMILES string of the molecule is CC(C)c1ccccc1NC(=O)c1cccc(NC2=C(Cl)C(=O)N(c3ccc(Br)cc3)C2=O)c1. The van der Waals surface area contributed by atoms with E-state index in [0.29, 0.717) is 16.9 Å². The molecule has 6 nitrogen and oxygen atoms in total. The summed E-state index contributed by atoms with van der Waals surface area (Å²) in [4.78, 5) is 39.6. The molecule has 0 saturated heterocycles. The van der Waals surface area contributed by atoms with E-state index in [-0.39, 0.29) is 22.6 Å². The summed E-state index contributed by atoms with van der Waals surface area (Å²) in [5.74, 6) is -1.23. The first-order valence-electron chi connectivity index (χ1n) is 10.6. The number of hydrogen-bond acceptors (Lipinski definition) is 4. The van der Waals surface area contributed by atoms with Gasteiger partial charge >= 0.3 is 0 Å². The standard InChI is InChI=1S/C26H21BrClN3O3/c1-15(2)20-8-3-4-9-21(20)30-24(32)16-6-5-7-18(14-16)29-23-22(28)25(33)31(26(23)34)19-12-10-17(27)11-13-19/h3-15,29H,1-2H3,(H,30,32). The van der Waals surface area contributed by atoms with E-state index in [0.717, 1.165) is 20.6 Å². The molecular formula is C26H21BrClN3O3. The number of amides is 3. The van der Waals surface area contributed by atoms with Gasteiger partial charge in [0.1, 0.15) is 10.7 Å². The predicted octanol–water partition coefficient (Wildman–Crippen LogP) is 6.26. The molecule has 0 fully saturated rings. The van der Waals surface area contributed by atoms with Crippen LogP contribution in [0.1, 0.15) is 35.7 Å². The summed E-state index contributed by atoms with van der Waals surface area (Å²) in [7, 11) is 0. The Morgan fingerprint density at radius 1 is 0.941 bits per heavy atom. The van der Waals surface area contributed by atoms with Gasteiger partial charge in [-0.15, -0.1) is 0 Å². The summed E-state index contributed by atoms with van der Waals surface area (Å²) >= 11 is 9.55. The van der Waals surface area contributed by atoms with Gasteiger partial charge in [0.2, 0.25) is 0 Å². The largest absolute Gasteiger partial charge is 0.350 e. The molecule has 172 valence electrons. The predicted molar refractivity (Wildman–Crippen MR) is 138 cm³/mol. The summed E-state index contributed by atoms with van der Waals surface area (Å²) in [5, 5.41) is 5.65. The van der Waals surface area contributed by atoms with Crippen LogP contribution in [0.4, 0.5) is 17.1 Å². The molecule has 8 heteroatoms. The Kier molecular flexibility index (Phi) is 6.86. The number of carbonyl (C=O) groups excluding carboxylic acids is 3. The second kappa shape index (κ2) is 9.83. The van der Waals surface area contributed by atoms with E-state index in [1.54, 1.807) is 48.5 Å². The Balaban J connectivity index is 1.54. The number of para-hydroxylation sites is 1. The molecule has 0 spiro atoms. The highest BCUT2D eigenvalue weighted by molar-refractivity contribution is 9.10. The van der Waals surface area contributed by atoms with Crippen LogP contribution in [0.5, 0.6) is 0 Å². The van der Waals surface area contributed by atoms with Gasteiger partial charge in [0, 0.05) is 21.4 Å². The average Bonchev–Trinajstić information content (AvgIpc) is 3.03. The molecular weight excluding hydrogens is 518 g/mol. The van der Waals surface area contributed by atoms with Gasteiger partial charge in [-0.3, -0.25) is 14.4 Å². The minimum atomic E-state index is -0.615. The first kappa shape index (κ1) is 23.7. The number of anilines is 3. The Hall–Kier alpha value is -3.42. The van der Waals surface area contributed by atoms with Gasteiger partial charge in [-0.1, -0.05) is 65.6 Å². The molecule has 0 saturated carbocycles. The second-order valence-electron chi connectivity index (χ2n) is 8.01. The van der Waals surface area contributed by atoms with E-state index in [4.69, 9.17) is 11.6 Å². The number of benzene rings is 3. The Labute approximate surface area is 210 Å². The van der Waals surface area contributed by atoms with Crippen molar-refractivity contribution in [2.75, 3.05) is 15.5 Å². The van der Waals surface area contributed by atoms with Crippen molar-refractivity contribution >= 4 is 62.3 Å².